The molecule has 0 amide bonds. The molecule has 1 heterocycles. The maximum atomic E-state index is 13.2. The molecule has 2 rings (SSSR count). The van der Waals surface area contributed by atoms with Gasteiger partial charge in [0.25, 0.3) is 5.16 Å². The average molecular weight is 315 g/mol. The van der Waals surface area contributed by atoms with Crippen molar-refractivity contribution in [3.05, 3.63) is 35.4 Å². The van der Waals surface area contributed by atoms with Crippen LogP contribution >= 0.6 is 0 Å². The van der Waals surface area contributed by atoms with Crippen LogP contribution in [0, 0.1) is 29.1 Å². The summed E-state index contributed by atoms with van der Waals surface area (Å²) in [6.45, 7) is 0. The fourth-order valence-electron chi connectivity index (χ4n) is 1.12. The van der Waals surface area contributed by atoms with Crippen molar-refractivity contribution in [2.45, 2.75) is 5.16 Å². The van der Waals surface area contributed by atoms with Gasteiger partial charge in [0.2, 0.25) is 34.8 Å². The van der Waals surface area contributed by atoms with Crippen molar-refractivity contribution in [2.75, 3.05) is 0 Å². The molecule has 0 saturated carbocycles. The van der Waals surface area contributed by atoms with E-state index in [4.69, 9.17) is 0 Å². The minimum Gasteiger partial charge on any atom is -0.370 e. The Hall–Kier alpha value is -2.24. The fourth-order valence-corrected chi connectivity index (χ4v) is 1.91. The molecule has 0 fully saturated rings. The Bertz CT molecular complexity index is 733. The summed E-state index contributed by atoms with van der Waals surface area (Å²) in [6.07, 6.45) is 0.731. The summed E-state index contributed by atoms with van der Waals surface area (Å²) < 4.78 is 91.6. The minimum absolute atomic E-state index is 0.731. The summed E-state index contributed by atoms with van der Waals surface area (Å²) in [5.74, 6) is -13.9. The molecule has 1 aromatic heterocycles. The predicted octanol–water partition coefficient (Wildman–Crippen LogP) is 1.27. The first-order valence-corrected chi connectivity index (χ1v) is 5.98. The monoisotopic (exact) mass is 315 g/mol. The number of hydrogen-bond acceptors (Lipinski definition) is 5. The van der Waals surface area contributed by atoms with Crippen molar-refractivity contribution < 1.29 is 34.6 Å². The van der Waals surface area contributed by atoms with Gasteiger partial charge >= 0.3 is 10.1 Å². The lowest BCUT2D eigenvalue weighted by Gasteiger charge is -2.08. The molecule has 0 aliphatic rings. The van der Waals surface area contributed by atoms with Crippen LogP contribution in [0.2, 0.25) is 0 Å². The Balaban J connectivity index is 2.56. The van der Waals surface area contributed by atoms with Gasteiger partial charge in [-0.3, -0.25) is 0 Å². The molecule has 0 bridgehead atoms. The zero-order valence-electron chi connectivity index (χ0n) is 8.99. The van der Waals surface area contributed by atoms with E-state index in [0.29, 0.717) is 0 Å². The normalized spacial score (nSPS) is 11.7. The second-order valence-electron chi connectivity index (χ2n) is 3.23. The molecule has 0 aliphatic carbocycles. The van der Waals surface area contributed by atoms with E-state index in [0.717, 1.165) is 6.33 Å². The van der Waals surface area contributed by atoms with Crippen molar-refractivity contribution in [3.8, 4) is 5.75 Å². The van der Waals surface area contributed by atoms with E-state index in [9.17, 15) is 30.4 Å². The topological polar surface area (TPSA) is 84.9 Å². The number of halogens is 5. The van der Waals surface area contributed by atoms with Crippen LogP contribution in [0.25, 0.3) is 0 Å². The van der Waals surface area contributed by atoms with Gasteiger partial charge in [0.15, 0.2) is 0 Å². The molecular weight excluding hydrogens is 313 g/mol. The van der Waals surface area contributed by atoms with Crippen LogP contribution in [0.4, 0.5) is 22.0 Å². The number of benzene rings is 1. The van der Waals surface area contributed by atoms with Crippen molar-refractivity contribution in [1.29, 1.82) is 0 Å². The number of H-pyrrole nitrogens is 1. The van der Waals surface area contributed by atoms with E-state index in [-0.39, 0.29) is 0 Å². The molecule has 2 aromatic rings. The van der Waals surface area contributed by atoms with Gasteiger partial charge in [0, 0.05) is 0 Å². The molecule has 20 heavy (non-hydrogen) atoms. The van der Waals surface area contributed by atoms with Gasteiger partial charge in [0.1, 0.15) is 6.33 Å². The van der Waals surface area contributed by atoms with Crippen molar-refractivity contribution in [2.24, 2.45) is 0 Å². The third kappa shape index (κ3) is 2.17. The number of nitrogens with zero attached hydrogens (tertiary/aromatic N) is 2. The highest BCUT2D eigenvalue weighted by Crippen LogP contribution is 2.30. The third-order valence-electron chi connectivity index (χ3n) is 1.99. The first-order valence-electron chi connectivity index (χ1n) is 4.57. The van der Waals surface area contributed by atoms with Gasteiger partial charge in [-0.1, -0.05) is 0 Å². The van der Waals surface area contributed by atoms with Crippen molar-refractivity contribution in [1.82, 2.24) is 15.2 Å². The van der Waals surface area contributed by atoms with Gasteiger partial charge in [-0.25, -0.2) is 23.3 Å². The molecule has 108 valence electrons. The largest absolute Gasteiger partial charge is 0.375 e. The number of rotatable bonds is 3. The van der Waals surface area contributed by atoms with Gasteiger partial charge in [-0.2, -0.15) is 22.3 Å². The molecule has 0 saturated heterocycles. The molecule has 0 aliphatic heterocycles. The van der Waals surface area contributed by atoms with Crippen LogP contribution in [-0.4, -0.2) is 23.6 Å². The van der Waals surface area contributed by atoms with E-state index in [1.807, 2.05) is 0 Å². The van der Waals surface area contributed by atoms with Gasteiger partial charge < -0.3 is 4.18 Å². The summed E-state index contributed by atoms with van der Waals surface area (Å²) in [4.78, 5) is 3.12. The second kappa shape index (κ2) is 4.70. The second-order valence-corrected chi connectivity index (χ2v) is 4.69. The van der Waals surface area contributed by atoms with E-state index < -0.39 is 50.1 Å². The summed E-state index contributed by atoms with van der Waals surface area (Å²) in [7, 11) is -4.93. The Morgan fingerprint density at radius 3 is 1.90 bits per heavy atom. The number of nitrogens with one attached hydrogen (secondary N) is 1. The first-order chi connectivity index (χ1) is 9.25. The quantitative estimate of drug-likeness (QED) is 0.399. The Kier molecular flexibility index (Phi) is 3.33. The van der Waals surface area contributed by atoms with Gasteiger partial charge in [-0.15, -0.1) is 0 Å². The zero-order chi connectivity index (χ0) is 15.1. The molecule has 1 N–H and O–H groups in total. The van der Waals surface area contributed by atoms with Crippen LogP contribution in [0.5, 0.6) is 5.75 Å². The lowest BCUT2D eigenvalue weighted by molar-refractivity contribution is 0.346. The van der Waals surface area contributed by atoms with E-state index in [1.54, 1.807) is 5.10 Å². The van der Waals surface area contributed by atoms with Crippen LogP contribution in [-0.2, 0) is 10.1 Å². The van der Waals surface area contributed by atoms with Gasteiger partial charge in [-0.05, 0) is 0 Å². The fraction of sp³-hybridized carbons (Fsp3) is 0. The van der Waals surface area contributed by atoms with Crippen LogP contribution < -0.4 is 4.18 Å². The third-order valence-corrected chi connectivity index (χ3v) is 3.05. The zero-order valence-corrected chi connectivity index (χ0v) is 9.81. The Morgan fingerprint density at radius 2 is 1.45 bits per heavy atom. The molecule has 0 atom stereocenters. The molecule has 1 aromatic carbocycles. The molecule has 12 heteroatoms. The van der Waals surface area contributed by atoms with Crippen LogP contribution in [0.3, 0.4) is 0 Å². The standard InChI is InChI=1S/C8H2F5N3O3S/c9-2-3(10)5(12)7(6(13)4(2)11)19-20(17,18)8-14-1-15-16-8/h1H,(H,14,15,16). The number of hydrogen-bond donors (Lipinski definition) is 1. The molecule has 0 unspecified atom stereocenters. The van der Waals surface area contributed by atoms with E-state index >= 15 is 0 Å². The summed E-state index contributed by atoms with van der Waals surface area (Å²) in [6, 6.07) is 0. The SMILES string of the molecule is O=S(=O)(Oc1c(F)c(F)c(F)c(F)c1F)c1ncn[nH]1. The summed E-state index contributed by atoms with van der Waals surface area (Å²) >= 11 is 0. The number of aromatic nitrogens is 3. The lowest BCUT2D eigenvalue weighted by Crippen LogP contribution is -2.15. The molecule has 6 nitrogen and oxygen atoms in total. The molecular formula is C8H2F5N3O3S. The highest BCUT2D eigenvalue weighted by molar-refractivity contribution is 7.86. The molecule has 0 spiro atoms. The maximum Gasteiger partial charge on any atom is 0.375 e. The van der Waals surface area contributed by atoms with Crippen LogP contribution in [0.1, 0.15) is 0 Å². The highest BCUT2D eigenvalue weighted by Gasteiger charge is 2.31. The smallest absolute Gasteiger partial charge is 0.370 e. The summed E-state index contributed by atoms with van der Waals surface area (Å²) in [5.41, 5.74) is 0. The van der Waals surface area contributed by atoms with Crippen molar-refractivity contribution >= 4 is 10.1 Å². The van der Waals surface area contributed by atoms with Gasteiger partial charge in [0.05, 0.1) is 0 Å². The van der Waals surface area contributed by atoms with Crippen LogP contribution in [0.15, 0.2) is 11.5 Å². The lowest BCUT2D eigenvalue weighted by atomic mass is 10.3. The highest BCUT2D eigenvalue weighted by atomic mass is 32.2. The van der Waals surface area contributed by atoms with Crippen molar-refractivity contribution in [3.63, 3.8) is 0 Å². The minimum atomic E-state index is -4.93. The Morgan fingerprint density at radius 1 is 0.950 bits per heavy atom. The van der Waals surface area contributed by atoms with E-state index in [2.05, 4.69) is 14.3 Å². The van der Waals surface area contributed by atoms with E-state index in [1.165, 1.54) is 0 Å². The number of aromatic amines is 1. The Labute approximate surface area is 107 Å². The average Bonchev–Trinajstić information content (AvgIpc) is 2.94. The molecule has 0 radical (unpaired) electrons. The first kappa shape index (κ1) is 14.2. The predicted molar refractivity (Wildman–Crippen MR) is 50.4 cm³/mol. The summed E-state index contributed by atoms with van der Waals surface area (Å²) in [5, 5.41) is 3.96. The maximum absolute atomic E-state index is 13.2.